The molecule has 1 atom stereocenters. The van der Waals surface area contributed by atoms with Gasteiger partial charge in [-0.05, 0) is 18.1 Å². The fourth-order valence-corrected chi connectivity index (χ4v) is 1.89. The Morgan fingerprint density at radius 3 is 2.60 bits per heavy atom. The number of para-hydroxylation sites is 1. The van der Waals surface area contributed by atoms with E-state index in [1.165, 1.54) is 0 Å². The summed E-state index contributed by atoms with van der Waals surface area (Å²) in [4.78, 5) is 11.5. The smallest absolute Gasteiger partial charge is 0.311 e. The SMILES string of the molecule is CCC(CBr)CC(=O)Oc1ccccc1. The van der Waals surface area contributed by atoms with Gasteiger partial charge in [0.2, 0.25) is 0 Å². The van der Waals surface area contributed by atoms with E-state index in [1.54, 1.807) is 12.1 Å². The van der Waals surface area contributed by atoms with Crippen LogP contribution in [-0.2, 0) is 4.79 Å². The van der Waals surface area contributed by atoms with E-state index in [4.69, 9.17) is 4.74 Å². The first kappa shape index (κ1) is 12.2. The summed E-state index contributed by atoms with van der Waals surface area (Å²) < 4.78 is 5.19. The Bertz CT molecular complexity index is 294. The Morgan fingerprint density at radius 1 is 1.40 bits per heavy atom. The maximum absolute atomic E-state index is 11.5. The predicted molar refractivity (Wildman–Crippen MR) is 64.3 cm³/mol. The van der Waals surface area contributed by atoms with Gasteiger partial charge in [0.05, 0.1) is 0 Å². The molecule has 0 saturated carbocycles. The van der Waals surface area contributed by atoms with Crippen molar-refractivity contribution in [2.75, 3.05) is 5.33 Å². The van der Waals surface area contributed by atoms with E-state index in [-0.39, 0.29) is 5.97 Å². The molecule has 15 heavy (non-hydrogen) atoms. The molecule has 0 bridgehead atoms. The molecule has 0 fully saturated rings. The summed E-state index contributed by atoms with van der Waals surface area (Å²) >= 11 is 3.38. The molecule has 1 aromatic carbocycles. The van der Waals surface area contributed by atoms with Crippen LogP contribution in [0.3, 0.4) is 0 Å². The minimum Gasteiger partial charge on any atom is -0.427 e. The summed E-state index contributed by atoms with van der Waals surface area (Å²) in [5.74, 6) is 0.820. The van der Waals surface area contributed by atoms with Crippen LogP contribution in [0.4, 0.5) is 0 Å². The summed E-state index contributed by atoms with van der Waals surface area (Å²) in [6.45, 7) is 2.07. The Labute approximate surface area is 98.8 Å². The van der Waals surface area contributed by atoms with Gasteiger partial charge in [0.25, 0.3) is 0 Å². The number of halogens is 1. The average molecular weight is 271 g/mol. The Hall–Kier alpha value is -0.830. The largest absolute Gasteiger partial charge is 0.427 e. The minimum absolute atomic E-state index is 0.160. The number of benzene rings is 1. The van der Waals surface area contributed by atoms with E-state index in [0.29, 0.717) is 18.1 Å². The van der Waals surface area contributed by atoms with Crippen LogP contribution in [0.2, 0.25) is 0 Å². The van der Waals surface area contributed by atoms with Gasteiger partial charge in [-0.15, -0.1) is 0 Å². The highest BCUT2D eigenvalue weighted by molar-refractivity contribution is 9.09. The van der Waals surface area contributed by atoms with Crippen molar-refractivity contribution in [3.8, 4) is 5.75 Å². The van der Waals surface area contributed by atoms with Gasteiger partial charge in [-0.1, -0.05) is 47.5 Å². The lowest BCUT2D eigenvalue weighted by Crippen LogP contribution is -2.14. The number of carbonyl (C=O) groups excluding carboxylic acids is 1. The van der Waals surface area contributed by atoms with Crippen molar-refractivity contribution < 1.29 is 9.53 Å². The molecule has 0 spiro atoms. The standard InChI is InChI=1S/C12H15BrO2/c1-2-10(9-13)8-12(14)15-11-6-4-3-5-7-11/h3-7,10H,2,8-9H2,1H3. The number of hydrogen-bond acceptors (Lipinski definition) is 2. The summed E-state index contributed by atoms with van der Waals surface area (Å²) in [7, 11) is 0. The number of rotatable bonds is 5. The van der Waals surface area contributed by atoms with Crippen molar-refractivity contribution >= 4 is 21.9 Å². The molecule has 0 radical (unpaired) electrons. The van der Waals surface area contributed by atoms with Crippen molar-refractivity contribution in [1.82, 2.24) is 0 Å². The van der Waals surface area contributed by atoms with Crippen molar-refractivity contribution in [2.24, 2.45) is 5.92 Å². The molecule has 0 aliphatic heterocycles. The topological polar surface area (TPSA) is 26.3 Å². The van der Waals surface area contributed by atoms with Crippen LogP contribution < -0.4 is 4.74 Å². The van der Waals surface area contributed by atoms with Gasteiger partial charge in [-0.2, -0.15) is 0 Å². The Kier molecular flexibility index (Phi) is 5.40. The fourth-order valence-electron chi connectivity index (χ4n) is 1.21. The number of esters is 1. The molecule has 1 rings (SSSR count). The van der Waals surface area contributed by atoms with Gasteiger partial charge in [0, 0.05) is 11.8 Å². The van der Waals surface area contributed by atoms with Gasteiger partial charge in [-0.3, -0.25) is 4.79 Å². The highest BCUT2D eigenvalue weighted by atomic mass is 79.9. The first-order chi connectivity index (χ1) is 7.26. The summed E-state index contributed by atoms with van der Waals surface area (Å²) in [6, 6.07) is 9.17. The molecule has 0 saturated heterocycles. The number of ether oxygens (including phenoxy) is 1. The van der Waals surface area contributed by atoms with E-state index in [2.05, 4.69) is 22.9 Å². The molecular formula is C12H15BrO2. The lowest BCUT2D eigenvalue weighted by molar-refractivity contribution is -0.135. The second-order valence-corrected chi connectivity index (χ2v) is 4.07. The van der Waals surface area contributed by atoms with E-state index in [0.717, 1.165) is 11.8 Å². The molecule has 0 N–H and O–H groups in total. The van der Waals surface area contributed by atoms with Gasteiger partial charge < -0.3 is 4.74 Å². The minimum atomic E-state index is -0.160. The third-order valence-electron chi connectivity index (χ3n) is 2.23. The quantitative estimate of drug-likeness (QED) is 0.466. The lowest BCUT2D eigenvalue weighted by Gasteiger charge is -2.10. The molecule has 1 aromatic rings. The van der Waals surface area contributed by atoms with Crippen LogP contribution in [0.15, 0.2) is 30.3 Å². The van der Waals surface area contributed by atoms with Crippen LogP contribution in [0.1, 0.15) is 19.8 Å². The number of alkyl halides is 1. The molecule has 0 heterocycles. The van der Waals surface area contributed by atoms with E-state index in [1.807, 2.05) is 18.2 Å². The summed E-state index contributed by atoms with van der Waals surface area (Å²) in [5, 5.41) is 0.841. The normalized spacial score (nSPS) is 12.1. The molecule has 0 aromatic heterocycles. The molecule has 0 aliphatic rings. The molecule has 3 heteroatoms. The zero-order valence-electron chi connectivity index (χ0n) is 8.78. The van der Waals surface area contributed by atoms with Gasteiger partial charge >= 0.3 is 5.97 Å². The van der Waals surface area contributed by atoms with Gasteiger partial charge in [0.15, 0.2) is 0 Å². The van der Waals surface area contributed by atoms with Crippen molar-refractivity contribution in [3.63, 3.8) is 0 Å². The van der Waals surface area contributed by atoms with Crippen LogP contribution in [0.25, 0.3) is 0 Å². The van der Waals surface area contributed by atoms with Crippen LogP contribution >= 0.6 is 15.9 Å². The number of carbonyl (C=O) groups is 1. The van der Waals surface area contributed by atoms with Crippen LogP contribution in [-0.4, -0.2) is 11.3 Å². The zero-order chi connectivity index (χ0) is 11.1. The first-order valence-corrected chi connectivity index (χ1v) is 6.20. The Balaban J connectivity index is 2.43. The maximum Gasteiger partial charge on any atom is 0.311 e. The Morgan fingerprint density at radius 2 is 2.07 bits per heavy atom. The van der Waals surface area contributed by atoms with Crippen LogP contribution in [0, 0.1) is 5.92 Å². The van der Waals surface area contributed by atoms with Crippen molar-refractivity contribution in [3.05, 3.63) is 30.3 Å². The summed E-state index contributed by atoms with van der Waals surface area (Å²) in [5.41, 5.74) is 0. The highest BCUT2D eigenvalue weighted by Gasteiger charge is 2.12. The fraction of sp³-hybridized carbons (Fsp3) is 0.417. The zero-order valence-corrected chi connectivity index (χ0v) is 10.4. The van der Waals surface area contributed by atoms with Gasteiger partial charge in [-0.25, -0.2) is 0 Å². The second kappa shape index (κ2) is 6.62. The van der Waals surface area contributed by atoms with E-state index >= 15 is 0 Å². The maximum atomic E-state index is 11.5. The molecule has 2 nitrogen and oxygen atoms in total. The second-order valence-electron chi connectivity index (χ2n) is 3.42. The van der Waals surface area contributed by atoms with E-state index < -0.39 is 0 Å². The average Bonchev–Trinajstić information content (AvgIpc) is 2.27. The molecule has 0 aliphatic carbocycles. The first-order valence-electron chi connectivity index (χ1n) is 5.08. The molecule has 82 valence electrons. The predicted octanol–water partition coefficient (Wildman–Crippen LogP) is 3.40. The third kappa shape index (κ3) is 4.47. The molecule has 1 unspecified atom stereocenters. The molecular weight excluding hydrogens is 256 g/mol. The number of hydrogen-bond donors (Lipinski definition) is 0. The van der Waals surface area contributed by atoms with E-state index in [9.17, 15) is 4.79 Å². The lowest BCUT2D eigenvalue weighted by atomic mass is 10.1. The monoisotopic (exact) mass is 270 g/mol. The van der Waals surface area contributed by atoms with Crippen molar-refractivity contribution in [2.45, 2.75) is 19.8 Å². The van der Waals surface area contributed by atoms with Crippen molar-refractivity contribution in [1.29, 1.82) is 0 Å². The highest BCUT2D eigenvalue weighted by Crippen LogP contribution is 2.15. The summed E-state index contributed by atoms with van der Waals surface area (Å²) in [6.07, 6.45) is 1.45. The third-order valence-corrected chi connectivity index (χ3v) is 3.14. The van der Waals surface area contributed by atoms with Crippen LogP contribution in [0.5, 0.6) is 5.75 Å². The molecule has 0 amide bonds. The van der Waals surface area contributed by atoms with Gasteiger partial charge in [0.1, 0.15) is 5.75 Å².